The van der Waals surface area contributed by atoms with E-state index in [0.717, 1.165) is 25.3 Å². The number of carbonyl (C=O) groups is 1. The molecule has 0 aromatic heterocycles. The third kappa shape index (κ3) is 2.65. The van der Waals surface area contributed by atoms with Gasteiger partial charge in [-0.1, -0.05) is 39.8 Å². The first kappa shape index (κ1) is 18.9. The fourth-order valence-corrected chi connectivity index (χ4v) is 6.14. The molecular formula is C22H29F2NO2. The lowest BCUT2D eigenvalue weighted by atomic mass is 9.58. The quantitative estimate of drug-likeness (QED) is 0.835. The fourth-order valence-electron chi connectivity index (χ4n) is 6.14. The van der Waals surface area contributed by atoms with Crippen LogP contribution < -0.4 is 5.32 Å². The third-order valence-electron chi connectivity index (χ3n) is 7.60. The first-order chi connectivity index (χ1) is 12.7. The molecule has 1 saturated heterocycles. The van der Waals surface area contributed by atoms with Crippen LogP contribution in [-0.2, 0) is 9.53 Å². The van der Waals surface area contributed by atoms with Crippen LogP contribution in [0.4, 0.5) is 8.78 Å². The lowest BCUT2D eigenvalue weighted by Gasteiger charge is -2.53. The molecule has 5 heteroatoms. The molecule has 148 valence electrons. The van der Waals surface area contributed by atoms with Gasteiger partial charge in [-0.3, -0.25) is 4.79 Å². The maximum Gasteiger partial charge on any atom is 0.222 e. The number of hydrogen-bond acceptors (Lipinski definition) is 2. The van der Waals surface area contributed by atoms with Crippen molar-refractivity contribution in [3.8, 4) is 0 Å². The summed E-state index contributed by atoms with van der Waals surface area (Å²) in [5.41, 5.74) is 0.197. The molecular weight excluding hydrogens is 348 g/mol. The van der Waals surface area contributed by atoms with E-state index in [1.54, 1.807) is 12.1 Å². The van der Waals surface area contributed by atoms with Crippen LogP contribution in [0.5, 0.6) is 0 Å². The molecule has 1 aromatic rings. The lowest BCUT2D eigenvalue weighted by molar-refractivity contribution is -0.139. The van der Waals surface area contributed by atoms with E-state index in [1.807, 2.05) is 13.8 Å². The van der Waals surface area contributed by atoms with E-state index in [9.17, 15) is 13.6 Å². The number of rotatable bonds is 3. The molecule has 4 rings (SSSR count). The third-order valence-corrected chi connectivity index (χ3v) is 7.60. The highest BCUT2D eigenvalue weighted by Crippen LogP contribution is 2.70. The van der Waals surface area contributed by atoms with Crippen LogP contribution in [0.2, 0.25) is 0 Å². The van der Waals surface area contributed by atoms with Crippen molar-refractivity contribution in [1.82, 2.24) is 5.32 Å². The second-order valence-electron chi connectivity index (χ2n) is 9.58. The summed E-state index contributed by atoms with van der Waals surface area (Å²) in [6.45, 7) is 8.79. The molecule has 3 aliphatic rings. The van der Waals surface area contributed by atoms with Crippen molar-refractivity contribution in [2.45, 2.75) is 59.1 Å². The van der Waals surface area contributed by atoms with E-state index in [0.29, 0.717) is 18.1 Å². The van der Waals surface area contributed by atoms with Crippen molar-refractivity contribution in [1.29, 1.82) is 0 Å². The Morgan fingerprint density at radius 1 is 1.30 bits per heavy atom. The van der Waals surface area contributed by atoms with Crippen LogP contribution in [0, 0.1) is 40.2 Å². The molecule has 1 spiro atoms. The molecule has 3 nitrogen and oxygen atoms in total. The predicted molar refractivity (Wildman–Crippen MR) is 98.9 cm³/mol. The largest absolute Gasteiger partial charge is 0.373 e. The standard InChI is InChI=1S/C22H29F2NO2/c1-12(2)19(26)25-20-21(3,4)13-10-15-18(27-9-8-22(15,20)11-13)14-6-5-7-16(23)17(14)24/h5-7,12-13,15,18,20H,8-11H2,1-4H3,(H,25,26)/t13-,15-,18-,20+,22-/m1/s1. The Bertz CT molecular complexity index is 763. The Labute approximate surface area is 159 Å². The van der Waals surface area contributed by atoms with Gasteiger partial charge in [0.1, 0.15) is 0 Å². The van der Waals surface area contributed by atoms with Crippen LogP contribution in [0.3, 0.4) is 0 Å². The van der Waals surface area contributed by atoms with Crippen molar-refractivity contribution in [3.05, 3.63) is 35.4 Å². The molecule has 1 heterocycles. The van der Waals surface area contributed by atoms with Crippen LogP contribution in [0.15, 0.2) is 18.2 Å². The van der Waals surface area contributed by atoms with Crippen molar-refractivity contribution < 1.29 is 18.3 Å². The van der Waals surface area contributed by atoms with Crippen LogP contribution in [-0.4, -0.2) is 18.6 Å². The average molecular weight is 377 g/mol. The van der Waals surface area contributed by atoms with E-state index in [1.165, 1.54) is 0 Å². The molecule has 1 aromatic carbocycles. The molecule has 3 fully saturated rings. The maximum atomic E-state index is 14.5. The summed E-state index contributed by atoms with van der Waals surface area (Å²) in [5, 5.41) is 3.33. The van der Waals surface area contributed by atoms with Crippen LogP contribution in [0.1, 0.15) is 58.6 Å². The smallest absolute Gasteiger partial charge is 0.222 e. The van der Waals surface area contributed by atoms with E-state index in [2.05, 4.69) is 19.2 Å². The molecule has 2 aliphatic carbocycles. The molecule has 27 heavy (non-hydrogen) atoms. The second kappa shape index (κ2) is 6.26. The number of benzene rings is 1. The van der Waals surface area contributed by atoms with Gasteiger partial charge in [-0.2, -0.15) is 0 Å². The highest BCUT2D eigenvalue weighted by atomic mass is 19.2. The molecule has 1 amide bonds. The van der Waals surface area contributed by atoms with Gasteiger partial charge in [-0.05, 0) is 48.0 Å². The van der Waals surface area contributed by atoms with Gasteiger partial charge in [0, 0.05) is 24.1 Å². The van der Waals surface area contributed by atoms with Crippen molar-refractivity contribution in [2.75, 3.05) is 6.61 Å². The summed E-state index contributed by atoms with van der Waals surface area (Å²) in [6.07, 6.45) is 2.36. The Kier molecular flexibility index (Phi) is 4.37. The van der Waals surface area contributed by atoms with Gasteiger partial charge < -0.3 is 10.1 Å². The Morgan fingerprint density at radius 2 is 2.04 bits per heavy atom. The molecule has 0 radical (unpaired) electrons. The molecule has 1 aliphatic heterocycles. The average Bonchev–Trinajstić information content (AvgIpc) is 3.10. The molecule has 1 N–H and O–H groups in total. The van der Waals surface area contributed by atoms with E-state index in [-0.39, 0.29) is 34.6 Å². The van der Waals surface area contributed by atoms with Crippen LogP contribution in [0.25, 0.3) is 0 Å². The number of hydrogen-bond donors (Lipinski definition) is 1. The van der Waals surface area contributed by atoms with Gasteiger partial charge in [0.2, 0.25) is 5.91 Å². The monoisotopic (exact) mass is 377 g/mol. The summed E-state index contributed by atoms with van der Waals surface area (Å²) in [6, 6.07) is 4.37. The Morgan fingerprint density at radius 3 is 2.74 bits per heavy atom. The predicted octanol–water partition coefficient (Wildman–Crippen LogP) is 4.62. The number of halogens is 2. The number of ether oxygens (including phenoxy) is 1. The maximum absolute atomic E-state index is 14.5. The van der Waals surface area contributed by atoms with Gasteiger partial charge in [0.15, 0.2) is 11.6 Å². The summed E-state index contributed by atoms with van der Waals surface area (Å²) >= 11 is 0. The molecule has 0 unspecified atom stereocenters. The van der Waals surface area contributed by atoms with Gasteiger partial charge in [-0.25, -0.2) is 8.78 Å². The van der Waals surface area contributed by atoms with E-state index in [4.69, 9.17) is 4.74 Å². The van der Waals surface area contributed by atoms with Gasteiger partial charge in [0.05, 0.1) is 6.10 Å². The number of nitrogens with one attached hydrogen (secondary N) is 1. The van der Waals surface area contributed by atoms with Crippen LogP contribution >= 0.6 is 0 Å². The number of fused-ring (bicyclic) bond motifs is 1. The second-order valence-corrected chi connectivity index (χ2v) is 9.58. The normalized spacial score (nSPS) is 36.7. The highest BCUT2D eigenvalue weighted by molar-refractivity contribution is 5.78. The first-order valence-corrected chi connectivity index (χ1v) is 10.0. The summed E-state index contributed by atoms with van der Waals surface area (Å²) in [5.74, 6) is -1.10. The molecule has 2 bridgehead atoms. The minimum Gasteiger partial charge on any atom is -0.373 e. The fraction of sp³-hybridized carbons (Fsp3) is 0.682. The topological polar surface area (TPSA) is 38.3 Å². The highest BCUT2D eigenvalue weighted by Gasteiger charge is 2.68. The van der Waals surface area contributed by atoms with Crippen molar-refractivity contribution >= 4 is 5.91 Å². The number of carbonyl (C=O) groups excluding carboxylic acids is 1. The van der Waals surface area contributed by atoms with Gasteiger partial charge in [-0.15, -0.1) is 0 Å². The Hall–Kier alpha value is -1.49. The molecule has 5 atom stereocenters. The number of amides is 1. The minimum absolute atomic E-state index is 0.0105. The first-order valence-electron chi connectivity index (χ1n) is 10.0. The van der Waals surface area contributed by atoms with Gasteiger partial charge >= 0.3 is 0 Å². The zero-order valence-corrected chi connectivity index (χ0v) is 16.5. The zero-order chi connectivity index (χ0) is 19.6. The summed E-state index contributed by atoms with van der Waals surface area (Å²) < 4.78 is 34.4. The van der Waals surface area contributed by atoms with Crippen molar-refractivity contribution in [3.63, 3.8) is 0 Å². The molecule has 2 saturated carbocycles. The summed E-state index contributed by atoms with van der Waals surface area (Å²) in [7, 11) is 0. The van der Waals surface area contributed by atoms with Crippen molar-refractivity contribution in [2.24, 2.45) is 28.6 Å². The SMILES string of the molecule is CC(C)C(=O)N[C@H]1C(C)(C)[C@@H]2C[C@@H]3[C@@H](c4cccc(F)c4F)OCC[C@@]31C2. The van der Waals surface area contributed by atoms with E-state index >= 15 is 0 Å². The Balaban J connectivity index is 1.72. The van der Waals surface area contributed by atoms with Gasteiger partial charge in [0.25, 0.3) is 0 Å². The summed E-state index contributed by atoms with van der Waals surface area (Å²) in [4.78, 5) is 12.5. The van der Waals surface area contributed by atoms with E-state index < -0.39 is 17.7 Å². The zero-order valence-electron chi connectivity index (χ0n) is 16.5. The minimum atomic E-state index is -0.830. The lowest BCUT2D eigenvalue weighted by Crippen LogP contribution is -2.59.